The molecule has 6 heteroatoms. The van der Waals surface area contributed by atoms with Gasteiger partial charge in [-0.25, -0.2) is 4.68 Å². The highest BCUT2D eigenvalue weighted by molar-refractivity contribution is 5.77. The molecular formula is C18H18N4O2. The highest BCUT2D eigenvalue weighted by Crippen LogP contribution is 2.15. The van der Waals surface area contributed by atoms with Crippen molar-refractivity contribution in [2.75, 3.05) is 13.7 Å². The minimum absolute atomic E-state index is 0.0131. The number of rotatable bonds is 6. The average Bonchev–Trinajstić information content (AvgIpc) is 3.10. The van der Waals surface area contributed by atoms with Gasteiger partial charge in [0.15, 0.2) is 6.61 Å². The van der Waals surface area contributed by atoms with E-state index in [9.17, 15) is 4.79 Å². The molecule has 0 aliphatic rings. The molecular weight excluding hydrogens is 304 g/mol. The number of amides is 1. The molecule has 6 nitrogen and oxygen atoms in total. The number of ether oxygens (including phenoxy) is 1. The third kappa shape index (κ3) is 3.98. The zero-order chi connectivity index (χ0) is 16.8. The van der Waals surface area contributed by atoms with Crippen LogP contribution in [0, 0.1) is 0 Å². The van der Waals surface area contributed by atoms with E-state index >= 15 is 0 Å². The molecule has 0 N–H and O–H groups in total. The summed E-state index contributed by atoms with van der Waals surface area (Å²) >= 11 is 0. The number of carbonyl (C=O) groups is 1. The van der Waals surface area contributed by atoms with Gasteiger partial charge in [0.25, 0.3) is 5.91 Å². The van der Waals surface area contributed by atoms with Gasteiger partial charge in [-0.3, -0.25) is 4.79 Å². The maximum Gasteiger partial charge on any atom is 0.261 e. The van der Waals surface area contributed by atoms with E-state index in [1.807, 2.05) is 66.9 Å². The van der Waals surface area contributed by atoms with Crippen LogP contribution in [0.15, 0.2) is 66.9 Å². The molecule has 0 saturated carbocycles. The van der Waals surface area contributed by atoms with E-state index in [0.29, 0.717) is 12.4 Å². The third-order valence-corrected chi connectivity index (χ3v) is 3.50. The summed E-state index contributed by atoms with van der Waals surface area (Å²) in [5, 5.41) is 8.20. The van der Waals surface area contributed by atoms with Crippen LogP contribution in [0.1, 0.15) is 0 Å². The number of likely N-dealkylation sites (N-methyl/N-ethyl adjacent to an activating group) is 1. The molecule has 1 amide bonds. The van der Waals surface area contributed by atoms with Crippen molar-refractivity contribution in [1.82, 2.24) is 19.9 Å². The maximum absolute atomic E-state index is 12.1. The topological polar surface area (TPSA) is 60.2 Å². The fraction of sp³-hybridized carbons (Fsp3) is 0.167. The van der Waals surface area contributed by atoms with Gasteiger partial charge in [0, 0.05) is 12.6 Å². The van der Waals surface area contributed by atoms with E-state index in [0.717, 1.165) is 11.3 Å². The lowest BCUT2D eigenvalue weighted by molar-refractivity contribution is -0.133. The molecule has 0 saturated heterocycles. The number of aromatic nitrogens is 3. The maximum atomic E-state index is 12.1. The van der Waals surface area contributed by atoms with Gasteiger partial charge in [-0.1, -0.05) is 53.7 Å². The lowest BCUT2D eigenvalue weighted by Gasteiger charge is -2.16. The van der Waals surface area contributed by atoms with Crippen molar-refractivity contribution in [3.05, 3.63) is 66.9 Å². The average molecular weight is 322 g/mol. The van der Waals surface area contributed by atoms with Crippen LogP contribution in [0.25, 0.3) is 11.3 Å². The number of nitrogens with zero attached hydrogens (tertiary/aromatic N) is 4. The number of para-hydroxylation sites is 1. The van der Waals surface area contributed by atoms with Gasteiger partial charge in [-0.05, 0) is 12.1 Å². The first kappa shape index (κ1) is 15.7. The smallest absolute Gasteiger partial charge is 0.261 e. The highest BCUT2D eigenvalue weighted by Gasteiger charge is 2.11. The molecule has 24 heavy (non-hydrogen) atoms. The summed E-state index contributed by atoms with van der Waals surface area (Å²) in [5.74, 6) is 0.544. The molecule has 0 radical (unpaired) electrons. The van der Waals surface area contributed by atoms with Crippen LogP contribution in [0.4, 0.5) is 0 Å². The van der Waals surface area contributed by atoms with Crippen molar-refractivity contribution < 1.29 is 9.53 Å². The minimum atomic E-state index is -0.129. The van der Waals surface area contributed by atoms with E-state index in [-0.39, 0.29) is 12.5 Å². The predicted octanol–water partition coefficient (Wildman–Crippen LogP) is 2.44. The fourth-order valence-corrected chi connectivity index (χ4v) is 2.18. The van der Waals surface area contributed by atoms with Crippen molar-refractivity contribution >= 4 is 5.91 Å². The van der Waals surface area contributed by atoms with Crippen molar-refractivity contribution in [2.45, 2.75) is 6.67 Å². The van der Waals surface area contributed by atoms with Crippen LogP contribution in [0.5, 0.6) is 5.75 Å². The zero-order valence-electron chi connectivity index (χ0n) is 13.4. The molecule has 0 fully saturated rings. The summed E-state index contributed by atoms with van der Waals surface area (Å²) in [7, 11) is 1.71. The van der Waals surface area contributed by atoms with E-state index in [1.165, 1.54) is 0 Å². The molecule has 1 aromatic heterocycles. The summed E-state index contributed by atoms with van der Waals surface area (Å²) in [6.07, 6.45) is 1.82. The molecule has 122 valence electrons. The van der Waals surface area contributed by atoms with Crippen LogP contribution in [-0.4, -0.2) is 39.5 Å². The highest BCUT2D eigenvalue weighted by atomic mass is 16.5. The Morgan fingerprint density at radius 3 is 2.46 bits per heavy atom. The van der Waals surface area contributed by atoms with Gasteiger partial charge in [0.05, 0.1) is 6.20 Å². The Morgan fingerprint density at radius 1 is 1.08 bits per heavy atom. The van der Waals surface area contributed by atoms with E-state index < -0.39 is 0 Å². The summed E-state index contributed by atoms with van der Waals surface area (Å²) in [5.41, 5.74) is 1.77. The second-order valence-corrected chi connectivity index (χ2v) is 5.34. The van der Waals surface area contributed by atoms with Crippen molar-refractivity contribution in [3.8, 4) is 17.0 Å². The van der Waals surface area contributed by atoms with Gasteiger partial charge >= 0.3 is 0 Å². The summed E-state index contributed by atoms with van der Waals surface area (Å²) < 4.78 is 7.09. The Hall–Kier alpha value is -3.15. The normalized spacial score (nSPS) is 10.4. The van der Waals surface area contributed by atoms with Gasteiger partial charge in [-0.2, -0.15) is 0 Å². The molecule has 3 rings (SSSR count). The first-order valence-corrected chi connectivity index (χ1v) is 7.60. The Morgan fingerprint density at radius 2 is 1.75 bits per heavy atom. The zero-order valence-corrected chi connectivity index (χ0v) is 13.4. The monoisotopic (exact) mass is 322 g/mol. The van der Waals surface area contributed by atoms with Crippen molar-refractivity contribution in [2.24, 2.45) is 0 Å². The lowest BCUT2D eigenvalue weighted by Crippen LogP contribution is -2.33. The lowest BCUT2D eigenvalue weighted by atomic mass is 10.2. The second kappa shape index (κ2) is 7.41. The quantitative estimate of drug-likeness (QED) is 0.699. The van der Waals surface area contributed by atoms with Crippen LogP contribution in [-0.2, 0) is 11.5 Å². The molecule has 1 heterocycles. The van der Waals surface area contributed by atoms with Crippen molar-refractivity contribution in [1.29, 1.82) is 0 Å². The molecule has 0 bridgehead atoms. The molecule has 0 aliphatic heterocycles. The molecule has 0 aliphatic carbocycles. The van der Waals surface area contributed by atoms with Crippen LogP contribution in [0.2, 0.25) is 0 Å². The minimum Gasteiger partial charge on any atom is -0.484 e. The van der Waals surface area contributed by atoms with Gasteiger partial charge in [0.2, 0.25) is 0 Å². The third-order valence-electron chi connectivity index (χ3n) is 3.50. The predicted molar refractivity (Wildman–Crippen MR) is 90.2 cm³/mol. The summed E-state index contributed by atoms with van der Waals surface area (Å²) in [4.78, 5) is 13.7. The van der Waals surface area contributed by atoms with Crippen LogP contribution < -0.4 is 4.74 Å². The van der Waals surface area contributed by atoms with E-state index in [2.05, 4.69) is 10.3 Å². The standard InChI is InChI=1S/C18H18N4O2/c1-21(18(23)13-24-16-10-6-3-7-11-16)14-22-12-17(19-20-22)15-8-4-2-5-9-15/h2-12H,13-14H2,1H3. The number of hydrogen-bond donors (Lipinski definition) is 0. The summed E-state index contributed by atoms with van der Waals surface area (Å²) in [6, 6.07) is 19.0. The van der Waals surface area contributed by atoms with Gasteiger partial charge < -0.3 is 9.64 Å². The van der Waals surface area contributed by atoms with E-state index in [1.54, 1.807) is 16.6 Å². The van der Waals surface area contributed by atoms with Crippen molar-refractivity contribution in [3.63, 3.8) is 0 Å². The first-order valence-electron chi connectivity index (χ1n) is 7.60. The molecule has 0 atom stereocenters. The molecule has 0 unspecified atom stereocenters. The Kier molecular flexibility index (Phi) is 4.86. The molecule has 0 spiro atoms. The van der Waals surface area contributed by atoms with Gasteiger partial charge in [0.1, 0.15) is 18.1 Å². The van der Waals surface area contributed by atoms with Crippen LogP contribution >= 0.6 is 0 Å². The Labute approximate surface area is 140 Å². The first-order chi connectivity index (χ1) is 11.7. The largest absolute Gasteiger partial charge is 0.484 e. The number of carbonyl (C=O) groups excluding carboxylic acids is 1. The van der Waals surface area contributed by atoms with E-state index in [4.69, 9.17) is 4.74 Å². The molecule has 3 aromatic rings. The number of benzene rings is 2. The second-order valence-electron chi connectivity index (χ2n) is 5.34. The fourth-order valence-electron chi connectivity index (χ4n) is 2.18. The summed E-state index contributed by atoms with van der Waals surface area (Å²) in [6.45, 7) is 0.303. The Balaban J connectivity index is 1.55. The number of hydrogen-bond acceptors (Lipinski definition) is 4. The van der Waals surface area contributed by atoms with Gasteiger partial charge in [-0.15, -0.1) is 5.10 Å². The molecule has 2 aromatic carbocycles. The van der Waals surface area contributed by atoms with Crippen LogP contribution in [0.3, 0.4) is 0 Å². The Bertz CT molecular complexity index is 787. The SMILES string of the molecule is CN(Cn1cc(-c2ccccc2)nn1)C(=O)COc1ccccc1.